The van der Waals surface area contributed by atoms with Gasteiger partial charge in [0.05, 0.1) is 24.5 Å². The predicted octanol–water partition coefficient (Wildman–Crippen LogP) is 5.33. The third-order valence-electron chi connectivity index (χ3n) is 12.6. The van der Waals surface area contributed by atoms with Gasteiger partial charge in [0.1, 0.15) is 11.2 Å². The highest BCUT2D eigenvalue weighted by molar-refractivity contribution is 6.05. The van der Waals surface area contributed by atoms with Gasteiger partial charge in [-0.15, -0.1) is 0 Å². The molecule has 1 saturated carbocycles. The maximum absolute atomic E-state index is 15.1. The van der Waals surface area contributed by atoms with Crippen molar-refractivity contribution in [2.75, 3.05) is 49.8 Å². The van der Waals surface area contributed by atoms with Crippen molar-refractivity contribution >= 4 is 34.5 Å². The number of fused-ring (bicyclic) bond motifs is 2. The number of methoxy groups -OCH3 is 1. The van der Waals surface area contributed by atoms with Gasteiger partial charge in [-0.1, -0.05) is 54.5 Å². The molecule has 2 atom stereocenters. The van der Waals surface area contributed by atoms with Gasteiger partial charge >= 0.3 is 11.8 Å². The van der Waals surface area contributed by atoms with E-state index in [1.165, 1.54) is 10.1 Å². The molecule has 3 fully saturated rings. The zero-order valence-electron chi connectivity index (χ0n) is 32.9. The summed E-state index contributed by atoms with van der Waals surface area (Å²) < 4.78 is 19.7. The Bertz CT molecular complexity index is 2730. The summed E-state index contributed by atoms with van der Waals surface area (Å²) in [5.74, 6) is 0.0556. The van der Waals surface area contributed by atoms with Crippen molar-refractivity contribution in [2.45, 2.75) is 57.2 Å². The van der Waals surface area contributed by atoms with Crippen LogP contribution in [0.1, 0.15) is 70.8 Å². The lowest BCUT2D eigenvalue weighted by Crippen LogP contribution is -2.43. The number of para-hydroxylation sites is 2. The summed E-state index contributed by atoms with van der Waals surface area (Å²) >= 11 is 0. The number of aromatic nitrogens is 5. The lowest BCUT2D eigenvalue weighted by Gasteiger charge is -2.31. The monoisotopic (exact) mass is 796 g/mol. The molecule has 6 aromatic rings. The van der Waals surface area contributed by atoms with Crippen LogP contribution in [0.15, 0.2) is 93.0 Å². The van der Waals surface area contributed by atoms with Gasteiger partial charge in [0.15, 0.2) is 5.82 Å². The molecule has 1 N–H and O–H groups in total. The van der Waals surface area contributed by atoms with E-state index in [-0.39, 0.29) is 55.5 Å². The highest BCUT2D eigenvalue weighted by Gasteiger charge is 2.59. The van der Waals surface area contributed by atoms with E-state index in [1.807, 2.05) is 65.2 Å². The van der Waals surface area contributed by atoms with Crippen LogP contribution in [0.4, 0.5) is 16.4 Å². The Morgan fingerprint density at radius 2 is 1.71 bits per heavy atom. The zero-order valence-corrected chi connectivity index (χ0v) is 32.9. The largest absolute Gasteiger partial charge is 0.438 e. The number of carbonyl (C=O) groups excluding carboxylic acids is 2. The molecule has 302 valence electrons. The maximum Gasteiger partial charge on any atom is 0.438 e. The summed E-state index contributed by atoms with van der Waals surface area (Å²) in [5.41, 5.74) is 4.41. The van der Waals surface area contributed by atoms with Crippen molar-refractivity contribution in [1.29, 1.82) is 0 Å². The molecule has 0 bridgehead atoms. The van der Waals surface area contributed by atoms with E-state index in [0.717, 1.165) is 35.0 Å². The molecule has 3 aromatic carbocycles. The molecule has 0 unspecified atom stereocenters. The minimum Gasteiger partial charge on any atom is -0.381 e. The van der Waals surface area contributed by atoms with Gasteiger partial charge in [-0.25, -0.2) is 19.1 Å². The van der Waals surface area contributed by atoms with Crippen LogP contribution in [0.25, 0.3) is 16.6 Å². The van der Waals surface area contributed by atoms with Crippen molar-refractivity contribution in [1.82, 2.24) is 29.2 Å². The fourth-order valence-electron chi connectivity index (χ4n) is 9.46. The van der Waals surface area contributed by atoms with Crippen molar-refractivity contribution in [2.24, 2.45) is 5.92 Å². The van der Waals surface area contributed by atoms with Gasteiger partial charge in [0.25, 0.3) is 11.5 Å². The number of hydrogen-bond donors (Lipinski definition) is 1. The Hall–Kier alpha value is -6.32. The molecule has 2 saturated heterocycles. The molecule has 15 nitrogen and oxygen atoms in total. The second-order valence-electron chi connectivity index (χ2n) is 16.0. The second-order valence-corrected chi connectivity index (χ2v) is 16.0. The van der Waals surface area contributed by atoms with Gasteiger partial charge in [0.2, 0.25) is 5.95 Å². The average molecular weight is 797 g/mol. The van der Waals surface area contributed by atoms with Gasteiger partial charge < -0.3 is 18.9 Å². The van der Waals surface area contributed by atoms with Crippen LogP contribution in [0.5, 0.6) is 0 Å². The topological polar surface area (TPSA) is 161 Å². The van der Waals surface area contributed by atoms with Crippen LogP contribution in [-0.4, -0.2) is 81.1 Å². The molecular formula is C44H44N8O7. The van der Waals surface area contributed by atoms with Gasteiger partial charge in [-0.2, -0.15) is 0 Å². The van der Waals surface area contributed by atoms with Crippen molar-refractivity contribution < 1.29 is 23.6 Å². The molecule has 4 aliphatic rings. The molecule has 59 heavy (non-hydrogen) atoms. The van der Waals surface area contributed by atoms with E-state index >= 15 is 4.79 Å². The normalized spacial score (nSPS) is 20.7. The van der Waals surface area contributed by atoms with E-state index in [1.54, 1.807) is 21.8 Å². The second kappa shape index (κ2) is 14.5. The minimum absolute atomic E-state index is 0.0415. The lowest BCUT2D eigenvalue weighted by atomic mass is 9.91. The van der Waals surface area contributed by atoms with Crippen molar-refractivity contribution in [3.8, 4) is 5.69 Å². The Kier molecular flexibility index (Phi) is 9.09. The maximum atomic E-state index is 15.1. The quantitative estimate of drug-likeness (QED) is 0.204. The molecule has 0 spiro atoms. The number of carbonyl (C=O) groups is 2. The van der Waals surface area contributed by atoms with E-state index < -0.39 is 11.3 Å². The molecular weight excluding hydrogens is 753 g/mol. The van der Waals surface area contributed by atoms with Crippen LogP contribution in [-0.2, 0) is 34.6 Å². The fourth-order valence-corrected chi connectivity index (χ4v) is 9.46. The summed E-state index contributed by atoms with van der Waals surface area (Å²) in [6.45, 7) is 4.76. The Labute approximate surface area is 338 Å². The van der Waals surface area contributed by atoms with E-state index in [2.05, 4.69) is 35.3 Å². The van der Waals surface area contributed by atoms with Crippen LogP contribution in [0, 0.1) is 5.92 Å². The van der Waals surface area contributed by atoms with Crippen LogP contribution in [0.3, 0.4) is 0 Å². The lowest BCUT2D eigenvalue weighted by molar-refractivity contribution is 0.0717. The number of amides is 3. The van der Waals surface area contributed by atoms with Crippen LogP contribution in [0.2, 0.25) is 0 Å². The number of hydrogen-bond acceptors (Lipinski definition) is 9. The van der Waals surface area contributed by atoms with E-state index in [0.29, 0.717) is 67.1 Å². The number of rotatable bonds is 9. The average Bonchev–Trinajstić information content (AvgIpc) is 3.59. The van der Waals surface area contributed by atoms with Gasteiger partial charge in [-0.05, 0) is 79.5 Å². The molecule has 10 rings (SSSR count). The van der Waals surface area contributed by atoms with E-state index in [9.17, 15) is 14.4 Å². The standard InChI is InChI=1S/C44H44N8O7/c1-27-24-44(27,40-46-42(55)59-47-40)52-36-13-12-29(28-15-20-58-21-16-28)22-31(36)23-37(52)39(54)48-17-14-33-34(25-48)45-41(50-19-18-49(43(50)56)32-9-4-3-5-10-32)51(38(33)53)35-11-7-6-8-30(35)26-57-2/h3-13,22-23,27-28H,14-21,24-26H2,1-2H3,(H,46,47,55)/t27-,44+/m1/s1. The Balaban J connectivity index is 1.07. The first-order chi connectivity index (χ1) is 28.8. The first kappa shape index (κ1) is 37.0. The van der Waals surface area contributed by atoms with E-state index in [4.69, 9.17) is 19.0 Å². The summed E-state index contributed by atoms with van der Waals surface area (Å²) in [6.07, 6.45) is 2.75. The number of anilines is 2. The molecule has 15 heteroatoms. The number of benzene rings is 3. The third kappa shape index (κ3) is 6.09. The summed E-state index contributed by atoms with van der Waals surface area (Å²) in [4.78, 5) is 69.2. The van der Waals surface area contributed by atoms with Crippen molar-refractivity contribution in [3.63, 3.8) is 0 Å². The number of aromatic amines is 1. The fraction of sp³-hybridized carbons (Fsp3) is 0.364. The van der Waals surface area contributed by atoms with Crippen LogP contribution >= 0.6 is 0 Å². The first-order valence-corrected chi connectivity index (χ1v) is 20.2. The summed E-state index contributed by atoms with van der Waals surface area (Å²) in [5, 5.41) is 5.05. The predicted molar refractivity (Wildman–Crippen MR) is 218 cm³/mol. The smallest absolute Gasteiger partial charge is 0.381 e. The Morgan fingerprint density at radius 3 is 2.46 bits per heavy atom. The van der Waals surface area contributed by atoms with Crippen molar-refractivity contribution in [3.05, 3.63) is 134 Å². The molecule has 6 heterocycles. The molecule has 3 amide bonds. The van der Waals surface area contributed by atoms with Crippen LogP contribution < -0.4 is 21.1 Å². The number of nitrogens with one attached hydrogen (secondary N) is 1. The number of urea groups is 1. The minimum atomic E-state index is -0.803. The molecule has 3 aromatic heterocycles. The highest BCUT2D eigenvalue weighted by atomic mass is 16.5. The molecule has 3 aliphatic heterocycles. The number of ether oxygens (including phenoxy) is 2. The summed E-state index contributed by atoms with van der Waals surface area (Å²) in [6, 6.07) is 24.9. The summed E-state index contributed by atoms with van der Waals surface area (Å²) in [7, 11) is 1.60. The number of nitrogens with zero attached hydrogens (tertiary/aromatic N) is 7. The highest BCUT2D eigenvalue weighted by Crippen LogP contribution is 2.56. The Morgan fingerprint density at radius 1 is 0.949 bits per heavy atom. The van der Waals surface area contributed by atoms with Gasteiger partial charge in [-0.3, -0.25) is 28.9 Å². The first-order valence-electron chi connectivity index (χ1n) is 20.2. The number of H-pyrrole nitrogens is 1. The third-order valence-corrected chi connectivity index (χ3v) is 12.6. The SMILES string of the molecule is COCc1ccccc1-n1c(N2CCN(c3ccccc3)C2=O)nc2c(c1=O)CCN(C(=O)c1cc3cc(C4CCOCC4)ccc3n1[C@@]1(c3noc(=O)[nH]3)C[C@H]1C)C2. The molecule has 1 aliphatic carbocycles. The van der Waals surface area contributed by atoms with Gasteiger partial charge in [0, 0.05) is 67.7 Å². The molecule has 0 radical (unpaired) electrons. The zero-order chi connectivity index (χ0) is 40.4.